The number of nitrogens with zero attached hydrogens (tertiary/aromatic N) is 4. The molecule has 2 aliphatic heterocycles. The smallest absolute Gasteiger partial charge is 0.256 e. The van der Waals surface area contributed by atoms with Crippen molar-refractivity contribution in [3.8, 4) is 5.75 Å². The predicted octanol–water partition coefficient (Wildman–Crippen LogP) is 3.03. The summed E-state index contributed by atoms with van der Waals surface area (Å²) in [6.07, 6.45) is 5.86. The Kier molecular flexibility index (Phi) is 4.34. The number of hydrogen-bond donors (Lipinski definition) is 1. The van der Waals surface area contributed by atoms with E-state index in [2.05, 4.69) is 15.3 Å². The minimum absolute atomic E-state index is 0.0301. The van der Waals surface area contributed by atoms with Crippen molar-refractivity contribution in [2.45, 2.75) is 32.2 Å². The largest absolute Gasteiger partial charge is 0.493 e. The molecule has 0 unspecified atom stereocenters. The topological polar surface area (TPSA) is 71.8 Å². The molecule has 2 aliphatic rings. The Morgan fingerprint density at radius 1 is 1.31 bits per heavy atom. The number of benzene rings is 1. The zero-order chi connectivity index (χ0) is 20.0. The van der Waals surface area contributed by atoms with Gasteiger partial charge in [0.2, 0.25) is 0 Å². The van der Waals surface area contributed by atoms with Gasteiger partial charge >= 0.3 is 0 Å². The number of aryl methyl sites for hydroxylation is 1. The maximum absolute atomic E-state index is 14.3. The molecule has 0 saturated carbocycles. The SMILES string of the molecule is Cc1cc(F)cc2c1OCCCNC(=O)c1cnn3ccc(nc13)N1CCC[C@H]21. The first kappa shape index (κ1) is 17.9. The number of ether oxygens (including phenoxy) is 1. The lowest BCUT2D eigenvalue weighted by Crippen LogP contribution is -2.27. The quantitative estimate of drug-likeness (QED) is 0.634. The van der Waals surface area contributed by atoms with Crippen molar-refractivity contribution in [3.63, 3.8) is 0 Å². The fourth-order valence-electron chi connectivity index (χ4n) is 4.29. The maximum atomic E-state index is 14.3. The highest BCUT2D eigenvalue weighted by molar-refractivity contribution is 5.99. The van der Waals surface area contributed by atoms with Crippen LogP contribution in [0.5, 0.6) is 5.75 Å². The van der Waals surface area contributed by atoms with Crippen LogP contribution in [0.4, 0.5) is 10.2 Å². The second-order valence-corrected chi connectivity index (χ2v) is 7.56. The summed E-state index contributed by atoms with van der Waals surface area (Å²) in [5.41, 5.74) is 2.61. The first-order valence-corrected chi connectivity index (χ1v) is 9.94. The van der Waals surface area contributed by atoms with E-state index >= 15 is 0 Å². The van der Waals surface area contributed by atoms with Crippen molar-refractivity contribution in [2.24, 2.45) is 0 Å². The Morgan fingerprint density at radius 3 is 3.10 bits per heavy atom. The molecule has 5 rings (SSSR count). The van der Waals surface area contributed by atoms with E-state index in [9.17, 15) is 9.18 Å². The molecule has 3 aromatic rings. The van der Waals surface area contributed by atoms with Crippen LogP contribution in [0.25, 0.3) is 5.65 Å². The van der Waals surface area contributed by atoms with Crippen LogP contribution in [0, 0.1) is 12.7 Å². The number of hydrogen-bond acceptors (Lipinski definition) is 5. The summed E-state index contributed by atoms with van der Waals surface area (Å²) in [5, 5.41) is 7.15. The number of carbonyl (C=O) groups is 1. The molecule has 0 spiro atoms. The van der Waals surface area contributed by atoms with Gasteiger partial charge in [0.25, 0.3) is 5.91 Å². The van der Waals surface area contributed by atoms with Crippen molar-refractivity contribution < 1.29 is 13.9 Å². The first-order valence-electron chi connectivity index (χ1n) is 9.94. The number of halogens is 1. The van der Waals surface area contributed by atoms with E-state index in [1.165, 1.54) is 6.07 Å². The normalized spacial score (nSPS) is 19.4. The average Bonchev–Trinajstić information content (AvgIpc) is 3.34. The third kappa shape index (κ3) is 3.08. The molecule has 2 bridgehead atoms. The lowest BCUT2D eigenvalue weighted by Gasteiger charge is -2.28. The summed E-state index contributed by atoms with van der Waals surface area (Å²) in [6.45, 7) is 3.59. The summed E-state index contributed by atoms with van der Waals surface area (Å²) >= 11 is 0. The van der Waals surface area contributed by atoms with Crippen LogP contribution in [0.3, 0.4) is 0 Å². The molecule has 4 heterocycles. The van der Waals surface area contributed by atoms with Crippen LogP contribution in [0.15, 0.2) is 30.6 Å². The zero-order valence-corrected chi connectivity index (χ0v) is 16.2. The van der Waals surface area contributed by atoms with Crippen LogP contribution in [0.1, 0.15) is 46.8 Å². The Balaban J connectivity index is 1.67. The van der Waals surface area contributed by atoms with Crippen molar-refractivity contribution >= 4 is 17.4 Å². The van der Waals surface area contributed by atoms with Crippen LogP contribution in [-0.2, 0) is 0 Å². The molecule has 0 aliphatic carbocycles. The van der Waals surface area contributed by atoms with Crippen LogP contribution >= 0.6 is 0 Å². The van der Waals surface area contributed by atoms with Gasteiger partial charge in [-0.25, -0.2) is 13.9 Å². The average molecular weight is 395 g/mol. The van der Waals surface area contributed by atoms with E-state index in [0.717, 1.165) is 42.1 Å². The van der Waals surface area contributed by atoms with E-state index < -0.39 is 0 Å². The number of amides is 1. The maximum Gasteiger partial charge on any atom is 0.256 e. The lowest BCUT2D eigenvalue weighted by atomic mass is 10.00. The van der Waals surface area contributed by atoms with Crippen molar-refractivity contribution in [3.05, 3.63) is 53.1 Å². The van der Waals surface area contributed by atoms with E-state index in [1.807, 2.05) is 19.2 Å². The van der Waals surface area contributed by atoms with Gasteiger partial charge in [0.05, 0.1) is 18.8 Å². The third-order valence-corrected chi connectivity index (χ3v) is 5.63. The molecule has 1 aromatic carbocycles. The molecule has 8 heteroatoms. The highest BCUT2D eigenvalue weighted by Crippen LogP contribution is 2.41. The molecular formula is C21H22FN5O2. The summed E-state index contributed by atoms with van der Waals surface area (Å²) in [6, 6.07) is 4.95. The van der Waals surface area contributed by atoms with E-state index in [4.69, 9.17) is 9.72 Å². The first-order chi connectivity index (χ1) is 14.1. The number of rotatable bonds is 0. The highest BCUT2D eigenvalue weighted by atomic mass is 19.1. The van der Waals surface area contributed by atoms with Gasteiger partial charge in [0, 0.05) is 24.8 Å². The number of carbonyl (C=O) groups excluding carboxylic acids is 1. The number of anilines is 1. The molecule has 1 atom stereocenters. The Labute approximate surface area is 167 Å². The van der Waals surface area contributed by atoms with E-state index in [1.54, 1.807) is 16.8 Å². The summed E-state index contributed by atoms with van der Waals surface area (Å²) in [4.78, 5) is 19.5. The van der Waals surface area contributed by atoms with Gasteiger partial charge in [-0.2, -0.15) is 5.10 Å². The predicted molar refractivity (Wildman–Crippen MR) is 106 cm³/mol. The zero-order valence-electron chi connectivity index (χ0n) is 16.2. The molecule has 0 radical (unpaired) electrons. The van der Waals surface area contributed by atoms with Gasteiger partial charge in [-0.3, -0.25) is 4.79 Å². The minimum atomic E-state index is -0.258. The molecule has 1 saturated heterocycles. The van der Waals surface area contributed by atoms with Gasteiger partial charge < -0.3 is 15.0 Å². The van der Waals surface area contributed by atoms with E-state index in [0.29, 0.717) is 30.8 Å². The van der Waals surface area contributed by atoms with Crippen LogP contribution in [-0.4, -0.2) is 40.2 Å². The Bertz CT molecular complexity index is 1100. The lowest BCUT2D eigenvalue weighted by molar-refractivity contribution is 0.0953. The van der Waals surface area contributed by atoms with E-state index in [-0.39, 0.29) is 17.8 Å². The molecular weight excluding hydrogens is 373 g/mol. The van der Waals surface area contributed by atoms with Crippen LogP contribution in [0.2, 0.25) is 0 Å². The molecule has 2 aromatic heterocycles. The standard InChI is InChI=1S/C21H22FN5O2/c1-13-10-14(22)11-15-17-4-2-7-26(17)18-5-8-27-20(25-18)16(12-24-27)21(28)23-6-3-9-29-19(13)15/h5,8,10-12,17H,2-4,6-7,9H2,1H3,(H,23,28)/t17-/m1/s1. The molecule has 1 fully saturated rings. The summed E-state index contributed by atoms with van der Waals surface area (Å²) in [5.74, 6) is 1.03. The molecule has 7 nitrogen and oxygen atoms in total. The molecule has 1 N–H and O–H groups in total. The second-order valence-electron chi connectivity index (χ2n) is 7.56. The Morgan fingerprint density at radius 2 is 2.21 bits per heavy atom. The number of fused-ring (bicyclic) bond motifs is 5. The van der Waals surface area contributed by atoms with Gasteiger partial charge in [-0.05, 0) is 49.9 Å². The molecule has 29 heavy (non-hydrogen) atoms. The molecule has 150 valence electrons. The van der Waals surface area contributed by atoms with Gasteiger partial charge in [0.15, 0.2) is 5.65 Å². The number of nitrogens with one attached hydrogen (secondary N) is 1. The second kappa shape index (κ2) is 7.02. The summed E-state index contributed by atoms with van der Waals surface area (Å²) < 4.78 is 22.0. The monoisotopic (exact) mass is 395 g/mol. The summed E-state index contributed by atoms with van der Waals surface area (Å²) in [7, 11) is 0. The van der Waals surface area contributed by atoms with Crippen molar-refractivity contribution in [2.75, 3.05) is 24.6 Å². The third-order valence-electron chi connectivity index (χ3n) is 5.63. The van der Waals surface area contributed by atoms with Crippen molar-refractivity contribution in [1.29, 1.82) is 0 Å². The fraction of sp³-hybridized carbons (Fsp3) is 0.381. The highest BCUT2D eigenvalue weighted by Gasteiger charge is 2.31. The van der Waals surface area contributed by atoms with Crippen LogP contribution < -0.4 is 15.0 Å². The van der Waals surface area contributed by atoms with Crippen molar-refractivity contribution in [1.82, 2.24) is 19.9 Å². The van der Waals surface area contributed by atoms with Gasteiger partial charge in [0.1, 0.15) is 22.9 Å². The fourth-order valence-corrected chi connectivity index (χ4v) is 4.29. The van der Waals surface area contributed by atoms with Gasteiger partial charge in [-0.15, -0.1) is 0 Å². The van der Waals surface area contributed by atoms with Gasteiger partial charge in [-0.1, -0.05) is 0 Å². The Hall–Kier alpha value is -3.16. The minimum Gasteiger partial charge on any atom is -0.493 e. The molecule has 1 amide bonds. The number of aromatic nitrogens is 3.